The predicted molar refractivity (Wildman–Crippen MR) is 70.1 cm³/mol. The maximum atomic E-state index is 12.6. The molecule has 0 aliphatic rings. The van der Waals surface area contributed by atoms with Crippen molar-refractivity contribution in [1.29, 1.82) is 0 Å². The fourth-order valence-corrected chi connectivity index (χ4v) is 1.68. The SMILES string of the molecule is Nc1nc(NCCc2ccccc2)cc(C(F)(F)F)n1. The Bertz CT molecular complexity index is 570. The van der Waals surface area contributed by atoms with Crippen LogP contribution < -0.4 is 11.1 Å². The Morgan fingerprint density at radius 3 is 2.45 bits per heavy atom. The van der Waals surface area contributed by atoms with Crippen molar-refractivity contribution >= 4 is 11.8 Å². The molecular formula is C13H13F3N4. The summed E-state index contributed by atoms with van der Waals surface area (Å²) in [4.78, 5) is 6.91. The van der Waals surface area contributed by atoms with Gasteiger partial charge in [0.15, 0.2) is 5.69 Å². The van der Waals surface area contributed by atoms with Crippen LogP contribution in [0.3, 0.4) is 0 Å². The van der Waals surface area contributed by atoms with E-state index in [4.69, 9.17) is 5.73 Å². The van der Waals surface area contributed by atoms with Crippen LogP contribution in [0.25, 0.3) is 0 Å². The van der Waals surface area contributed by atoms with Gasteiger partial charge >= 0.3 is 6.18 Å². The highest BCUT2D eigenvalue weighted by Crippen LogP contribution is 2.29. The third-order valence-electron chi connectivity index (χ3n) is 2.60. The van der Waals surface area contributed by atoms with Crippen LogP contribution in [-0.2, 0) is 12.6 Å². The van der Waals surface area contributed by atoms with Gasteiger partial charge in [0.1, 0.15) is 5.82 Å². The second-order valence-electron chi connectivity index (χ2n) is 4.16. The topological polar surface area (TPSA) is 63.8 Å². The molecule has 0 bridgehead atoms. The fourth-order valence-electron chi connectivity index (χ4n) is 1.68. The second-order valence-corrected chi connectivity index (χ2v) is 4.16. The molecule has 1 aromatic heterocycles. The van der Waals surface area contributed by atoms with E-state index in [1.807, 2.05) is 30.3 Å². The summed E-state index contributed by atoms with van der Waals surface area (Å²) in [5, 5.41) is 2.82. The van der Waals surface area contributed by atoms with Gasteiger partial charge in [-0.05, 0) is 12.0 Å². The van der Waals surface area contributed by atoms with E-state index in [-0.39, 0.29) is 5.82 Å². The number of benzene rings is 1. The van der Waals surface area contributed by atoms with Crippen molar-refractivity contribution in [2.75, 3.05) is 17.6 Å². The number of nitrogens with zero attached hydrogens (tertiary/aromatic N) is 2. The van der Waals surface area contributed by atoms with Crippen molar-refractivity contribution in [3.8, 4) is 0 Å². The first-order valence-electron chi connectivity index (χ1n) is 5.95. The Hall–Kier alpha value is -2.31. The molecule has 7 heteroatoms. The van der Waals surface area contributed by atoms with Gasteiger partial charge in [-0.3, -0.25) is 0 Å². The highest BCUT2D eigenvalue weighted by Gasteiger charge is 2.33. The van der Waals surface area contributed by atoms with Gasteiger partial charge in [0.05, 0.1) is 0 Å². The molecule has 0 radical (unpaired) electrons. The van der Waals surface area contributed by atoms with Crippen LogP contribution in [0.2, 0.25) is 0 Å². The zero-order valence-electron chi connectivity index (χ0n) is 10.5. The minimum atomic E-state index is -4.53. The van der Waals surface area contributed by atoms with Crippen molar-refractivity contribution < 1.29 is 13.2 Å². The number of anilines is 2. The van der Waals surface area contributed by atoms with E-state index in [9.17, 15) is 13.2 Å². The van der Waals surface area contributed by atoms with Crippen LogP contribution in [0.4, 0.5) is 24.9 Å². The molecular weight excluding hydrogens is 269 g/mol. The molecule has 0 saturated carbocycles. The van der Waals surface area contributed by atoms with E-state index >= 15 is 0 Å². The van der Waals surface area contributed by atoms with Crippen molar-refractivity contribution in [1.82, 2.24) is 9.97 Å². The fraction of sp³-hybridized carbons (Fsp3) is 0.231. The van der Waals surface area contributed by atoms with E-state index in [0.29, 0.717) is 13.0 Å². The molecule has 4 nitrogen and oxygen atoms in total. The largest absolute Gasteiger partial charge is 0.433 e. The molecule has 0 aliphatic heterocycles. The molecule has 1 aromatic carbocycles. The Kier molecular flexibility index (Phi) is 4.07. The first-order chi connectivity index (χ1) is 9.45. The van der Waals surface area contributed by atoms with Gasteiger partial charge in [0, 0.05) is 12.6 Å². The second kappa shape index (κ2) is 5.77. The van der Waals surface area contributed by atoms with Crippen LogP contribution in [0.15, 0.2) is 36.4 Å². The molecule has 0 unspecified atom stereocenters. The van der Waals surface area contributed by atoms with Gasteiger partial charge in [-0.25, -0.2) is 4.98 Å². The van der Waals surface area contributed by atoms with Gasteiger partial charge in [-0.15, -0.1) is 0 Å². The molecule has 0 saturated heterocycles. The van der Waals surface area contributed by atoms with Crippen LogP contribution >= 0.6 is 0 Å². The number of hydrogen-bond acceptors (Lipinski definition) is 4. The standard InChI is InChI=1S/C13H13F3N4/c14-13(15,16)10-8-11(20-12(17)19-10)18-7-6-9-4-2-1-3-5-9/h1-5,8H,6-7H2,(H3,17,18,19,20). The predicted octanol–water partition coefficient (Wildman–Crippen LogP) is 2.73. The maximum absolute atomic E-state index is 12.6. The van der Waals surface area contributed by atoms with Crippen molar-refractivity contribution in [3.05, 3.63) is 47.7 Å². The molecule has 3 N–H and O–H groups in total. The van der Waals surface area contributed by atoms with Crippen molar-refractivity contribution in [2.45, 2.75) is 12.6 Å². The third-order valence-corrected chi connectivity index (χ3v) is 2.60. The van der Waals surface area contributed by atoms with Crippen LogP contribution in [0, 0.1) is 0 Å². The van der Waals surface area contributed by atoms with E-state index in [0.717, 1.165) is 11.6 Å². The number of rotatable bonds is 4. The Morgan fingerprint density at radius 2 is 1.80 bits per heavy atom. The monoisotopic (exact) mass is 282 g/mol. The van der Waals surface area contributed by atoms with Gasteiger partial charge in [-0.1, -0.05) is 30.3 Å². The summed E-state index contributed by atoms with van der Waals surface area (Å²) >= 11 is 0. The minimum Gasteiger partial charge on any atom is -0.370 e. The van der Waals surface area contributed by atoms with Gasteiger partial charge in [0.2, 0.25) is 5.95 Å². The quantitative estimate of drug-likeness (QED) is 0.905. The maximum Gasteiger partial charge on any atom is 0.433 e. The van der Waals surface area contributed by atoms with Gasteiger partial charge in [-0.2, -0.15) is 18.2 Å². The Labute approximate surface area is 113 Å². The van der Waals surface area contributed by atoms with Crippen LogP contribution in [0.1, 0.15) is 11.3 Å². The lowest BCUT2D eigenvalue weighted by molar-refractivity contribution is -0.141. The number of nitrogens with one attached hydrogen (secondary N) is 1. The van der Waals surface area contributed by atoms with Gasteiger partial charge in [0.25, 0.3) is 0 Å². The number of aromatic nitrogens is 2. The lowest BCUT2D eigenvalue weighted by atomic mass is 10.1. The summed E-state index contributed by atoms with van der Waals surface area (Å²) in [5.74, 6) is -0.331. The zero-order valence-corrected chi connectivity index (χ0v) is 10.5. The minimum absolute atomic E-state index is 0.0701. The Morgan fingerprint density at radius 1 is 1.10 bits per heavy atom. The summed E-state index contributed by atoms with van der Waals surface area (Å²) < 4.78 is 37.7. The van der Waals surface area contributed by atoms with E-state index in [1.54, 1.807) is 0 Å². The summed E-state index contributed by atoms with van der Waals surface area (Å²) in [6.07, 6.45) is -3.86. The Balaban J connectivity index is 2.01. The normalized spacial score (nSPS) is 11.3. The van der Waals surface area contributed by atoms with Crippen LogP contribution in [0.5, 0.6) is 0 Å². The number of nitrogen functional groups attached to an aromatic ring is 1. The highest BCUT2D eigenvalue weighted by atomic mass is 19.4. The van der Waals surface area contributed by atoms with E-state index < -0.39 is 17.8 Å². The van der Waals surface area contributed by atoms with Crippen molar-refractivity contribution in [2.24, 2.45) is 0 Å². The molecule has 2 aromatic rings. The number of alkyl halides is 3. The first kappa shape index (κ1) is 14.1. The molecule has 0 amide bonds. The number of nitrogens with two attached hydrogens (primary N) is 1. The van der Waals surface area contributed by atoms with Crippen molar-refractivity contribution in [3.63, 3.8) is 0 Å². The lowest BCUT2D eigenvalue weighted by Gasteiger charge is -2.10. The molecule has 1 heterocycles. The van der Waals surface area contributed by atoms with E-state index in [1.165, 1.54) is 0 Å². The molecule has 20 heavy (non-hydrogen) atoms. The molecule has 0 fully saturated rings. The zero-order chi connectivity index (χ0) is 14.6. The summed E-state index contributed by atoms with van der Waals surface area (Å²) in [6.45, 7) is 0.456. The smallest absolute Gasteiger partial charge is 0.370 e. The molecule has 106 valence electrons. The third kappa shape index (κ3) is 3.84. The first-order valence-corrected chi connectivity index (χ1v) is 5.95. The summed E-state index contributed by atoms with van der Waals surface area (Å²) in [6, 6.07) is 10.4. The highest BCUT2D eigenvalue weighted by molar-refractivity contribution is 5.41. The molecule has 0 aliphatic carbocycles. The lowest BCUT2D eigenvalue weighted by Crippen LogP contribution is -2.14. The van der Waals surface area contributed by atoms with Crippen LogP contribution in [-0.4, -0.2) is 16.5 Å². The number of halogens is 3. The average Bonchev–Trinajstić information content (AvgIpc) is 2.38. The summed E-state index contributed by atoms with van der Waals surface area (Å²) in [7, 11) is 0. The molecule has 0 spiro atoms. The number of hydrogen-bond donors (Lipinski definition) is 2. The molecule has 0 atom stereocenters. The summed E-state index contributed by atoms with van der Waals surface area (Å²) in [5.41, 5.74) is 5.31. The van der Waals surface area contributed by atoms with Gasteiger partial charge < -0.3 is 11.1 Å². The van der Waals surface area contributed by atoms with E-state index in [2.05, 4.69) is 15.3 Å². The average molecular weight is 282 g/mol. The molecule has 2 rings (SSSR count).